The Balaban J connectivity index is 3.33. The van der Waals surface area contributed by atoms with Gasteiger partial charge in [-0.25, -0.2) is 13.8 Å². The van der Waals surface area contributed by atoms with Gasteiger partial charge in [-0.15, -0.1) is 0 Å². The van der Waals surface area contributed by atoms with Crippen molar-refractivity contribution in [2.45, 2.75) is 13.3 Å². The summed E-state index contributed by atoms with van der Waals surface area (Å²) >= 11 is 5.28. The third-order valence-electron chi connectivity index (χ3n) is 1.43. The van der Waals surface area contributed by atoms with E-state index in [1.54, 1.807) is 0 Å². The standard InChI is InChI=1S/C7H5ClF3N/c1-3-2-12-7(11)5(8)4(3)6(9)10/h2,6H,1H3. The van der Waals surface area contributed by atoms with Crippen LogP contribution in [0.4, 0.5) is 13.2 Å². The van der Waals surface area contributed by atoms with Crippen LogP contribution in [0.25, 0.3) is 0 Å². The first-order valence-electron chi connectivity index (χ1n) is 3.12. The smallest absolute Gasteiger partial charge is 0.227 e. The second-order valence-corrected chi connectivity index (χ2v) is 2.64. The van der Waals surface area contributed by atoms with Crippen molar-refractivity contribution in [3.63, 3.8) is 0 Å². The van der Waals surface area contributed by atoms with Crippen LogP contribution < -0.4 is 0 Å². The van der Waals surface area contributed by atoms with Gasteiger partial charge in [0, 0.05) is 11.8 Å². The molecule has 0 saturated carbocycles. The predicted molar refractivity (Wildman–Crippen MR) is 38.9 cm³/mol. The lowest BCUT2D eigenvalue weighted by atomic mass is 10.2. The van der Waals surface area contributed by atoms with Crippen LogP contribution in [0, 0.1) is 12.9 Å². The van der Waals surface area contributed by atoms with Crippen LogP contribution in [0.1, 0.15) is 17.6 Å². The molecule has 0 N–H and O–H groups in total. The second kappa shape index (κ2) is 3.31. The monoisotopic (exact) mass is 195 g/mol. The summed E-state index contributed by atoms with van der Waals surface area (Å²) in [5, 5.41) is -0.593. The summed E-state index contributed by atoms with van der Waals surface area (Å²) in [4.78, 5) is 3.19. The van der Waals surface area contributed by atoms with E-state index >= 15 is 0 Å². The fraction of sp³-hybridized carbons (Fsp3) is 0.286. The zero-order valence-corrected chi connectivity index (χ0v) is 6.87. The molecule has 0 radical (unpaired) electrons. The van der Waals surface area contributed by atoms with Crippen LogP contribution in [-0.2, 0) is 0 Å². The van der Waals surface area contributed by atoms with Crippen molar-refractivity contribution in [3.05, 3.63) is 28.3 Å². The fourth-order valence-corrected chi connectivity index (χ4v) is 1.11. The molecule has 0 aliphatic rings. The molecule has 12 heavy (non-hydrogen) atoms. The molecule has 0 atom stereocenters. The molecule has 0 aromatic carbocycles. The number of pyridine rings is 1. The molecule has 1 aromatic heterocycles. The van der Waals surface area contributed by atoms with Crippen LogP contribution in [0.2, 0.25) is 5.02 Å². The molecule has 1 nitrogen and oxygen atoms in total. The number of aromatic nitrogens is 1. The van der Waals surface area contributed by atoms with E-state index in [0.29, 0.717) is 0 Å². The first kappa shape index (κ1) is 9.32. The number of nitrogens with zero attached hydrogens (tertiary/aromatic N) is 1. The normalized spacial score (nSPS) is 10.8. The van der Waals surface area contributed by atoms with Crippen molar-refractivity contribution in [2.24, 2.45) is 0 Å². The Bertz CT molecular complexity index is 301. The summed E-state index contributed by atoms with van der Waals surface area (Å²) in [6.07, 6.45) is -1.74. The average molecular weight is 196 g/mol. The minimum atomic E-state index is -2.77. The highest BCUT2D eigenvalue weighted by atomic mass is 35.5. The van der Waals surface area contributed by atoms with Gasteiger partial charge < -0.3 is 0 Å². The number of alkyl halides is 2. The van der Waals surface area contributed by atoms with E-state index in [4.69, 9.17) is 11.6 Å². The van der Waals surface area contributed by atoms with E-state index in [9.17, 15) is 13.2 Å². The summed E-state index contributed by atoms with van der Waals surface area (Å²) < 4.78 is 36.9. The molecule has 0 fully saturated rings. The molecule has 0 bridgehead atoms. The number of aryl methyl sites for hydroxylation is 1. The van der Waals surface area contributed by atoms with Crippen LogP contribution in [-0.4, -0.2) is 4.98 Å². The van der Waals surface area contributed by atoms with Gasteiger partial charge >= 0.3 is 0 Å². The maximum absolute atomic E-state index is 12.5. The summed E-state index contributed by atoms with van der Waals surface area (Å²) in [6.45, 7) is 1.40. The minimum absolute atomic E-state index is 0.191. The van der Waals surface area contributed by atoms with Gasteiger partial charge in [0.15, 0.2) is 0 Å². The van der Waals surface area contributed by atoms with E-state index in [2.05, 4.69) is 4.98 Å². The Morgan fingerprint density at radius 2 is 2.08 bits per heavy atom. The highest BCUT2D eigenvalue weighted by molar-refractivity contribution is 6.31. The van der Waals surface area contributed by atoms with E-state index in [0.717, 1.165) is 6.20 Å². The molecule has 66 valence electrons. The van der Waals surface area contributed by atoms with Crippen molar-refractivity contribution < 1.29 is 13.2 Å². The lowest BCUT2D eigenvalue weighted by Crippen LogP contribution is -1.96. The maximum Gasteiger partial charge on any atom is 0.265 e. The minimum Gasteiger partial charge on any atom is -0.227 e. The van der Waals surface area contributed by atoms with Gasteiger partial charge in [0.2, 0.25) is 5.95 Å². The molecular weight excluding hydrogens is 191 g/mol. The Hall–Kier alpha value is -0.770. The Morgan fingerprint density at radius 1 is 1.50 bits per heavy atom. The Kier molecular flexibility index (Phi) is 2.57. The summed E-state index contributed by atoms with van der Waals surface area (Å²) in [5.41, 5.74) is -0.291. The van der Waals surface area contributed by atoms with Gasteiger partial charge in [-0.3, -0.25) is 0 Å². The largest absolute Gasteiger partial charge is 0.265 e. The third-order valence-corrected chi connectivity index (χ3v) is 1.79. The van der Waals surface area contributed by atoms with Gasteiger partial charge in [0.1, 0.15) is 5.02 Å². The average Bonchev–Trinajstić information content (AvgIpc) is 1.97. The zero-order chi connectivity index (χ0) is 9.30. The van der Waals surface area contributed by atoms with Crippen LogP contribution in [0.3, 0.4) is 0 Å². The molecule has 0 aliphatic heterocycles. The Morgan fingerprint density at radius 3 is 2.50 bits per heavy atom. The van der Waals surface area contributed by atoms with Gasteiger partial charge in [0.25, 0.3) is 6.43 Å². The molecule has 5 heteroatoms. The Labute approximate surface area is 72.2 Å². The van der Waals surface area contributed by atoms with Crippen LogP contribution in [0.5, 0.6) is 0 Å². The van der Waals surface area contributed by atoms with Gasteiger partial charge in [-0.05, 0) is 12.5 Å². The number of rotatable bonds is 1. The van der Waals surface area contributed by atoms with Crippen LogP contribution >= 0.6 is 11.6 Å². The molecular formula is C7H5ClF3N. The van der Waals surface area contributed by atoms with E-state index < -0.39 is 23.0 Å². The molecule has 1 heterocycles. The first-order valence-corrected chi connectivity index (χ1v) is 3.50. The van der Waals surface area contributed by atoms with Gasteiger partial charge in [-0.1, -0.05) is 11.6 Å². The highest BCUT2D eigenvalue weighted by Gasteiger charge is 2.18. The van der Waals surface area contributed by atoms with Gasteiger partial charge in [0.05, 0.1) is 0 Å². The van der Waals surface area contributed by atoms with Crippen molar-refractivity contribution in [1.82, 2.24) is 4.98 Å². The molecule has 0 aliphatic carbocycles. The zero-order valence-electron chi connectivity index (χ0n) is 6.11. The van der Waals surface area contributed by atoms with Crippen LogP contribution in [0.15, 0.2) is 6.20 Å². The molecule has 0 spiro atoms. The molecule has 0 amide bonds. The lowest BCUT2D eigenvalue weighted by Gasteiger charge is -2.05. The first-order chi connectivity index (χ1) is 5.54. The number of hydrogen-bond donors (Lipinski definition) is 0. The fourth-order valence-electron chi connectivity index (χ4n) is 0.832. The maximum atomic E-state index is 12.5. The van der Waals surface area contributed by atoms with E-state index in [1.165, 1.54) is 6.92 Å². The SMILES string of the molecule is Cc1cnc(F)c(Cl)c1C(F)F. The van der Waals surface area contributed by atoms with Crippen molar-refractivity contribution in [2.75, 3.05) is 0 Å². The molecule has 0 unspecified atom stereocenters. The van der Waals surface area contributed by atoms with Crippen molar-refractivity contribution in [3.8, 4) is 0 Å². The summed E-state index contributed by atoms with van der Waals surface area (Å²) in [6, 6.07) is 0. The third kappa shape index (κ3) is 1.53. The lowest BCUT2D eigenvalue weighted by molar-refractivity contribution is 0.150. The molecule has 0 saturated heterocycles. The molecule has 1 rings (SSSR count). The number of halogens is 4. The quantitative estimate of drug-likeness (QED) is 0.628. The van der Waals surface area contributed by atoms with Crippen molar-refractivity contribution >= 4 is 11.6 Å². The predicted octanol–water partition coefficient (Wildman–Crippen LogP) is 3.12. The number of hydrogen-bond acceptors (Lipinski definition) is 1. The highest BCUT2D eigenvalue weighted by Crippen LogP contribution is 2.30. The van der Waals surface area contributed by atoms with Gasteiger partial charge in [-0.2, -0.15) is 4.39 Å². The second-order valence-electron chi connectivity index (χ2n) is 2.26. The summed E-state index contributed by atoms with van der Waals surface area (Å²) in [7, 11) is 0. The van der Waals surface area contributed by atoms with E-state index in [1.807, 2.05) is 0 Å². The van der Waals surface area contributed by atoms with E-state index in [-0.39, 0.29) is 5.56 Å². The molecule has 1 aromatic rings. The topological polar surface area (TPSA) is 12.9 Å². The summed E-state index contributed by atoms with van der Waals surface area (Å²) in [5.74, 6) is -1.06. The van der Waals surface area contributed by atoms with Crippen molar-refractivity contribution in [1.29, 1.82) is 0 Å².